The predicted molar refractivity (Wildman–Crippen MR) is 66.4 cm³/mol. The Hall–Kier alpha value is -1.42. The molecule has 2 atom stereocenters. The maximum atomic E-state index is 11.3. The van der Waals surface area contributed by atoms with E-state index in [9.17, 15) is 13.5 Å². The SMILES string of the molecule is N#Cc1cccc(CNC2CS(=O)(=O)CC2O)c1. The topological polar surface area (TPSA) is 90.2 Å². The molecule has 1 aromatic rings. The second-order valence-corrected chi connectivity index (χ2v) is 6.60. The zero-order chi connectivity index (χ0) is 13.2. The fourth-order valence-corrected chi connectivity index (χ4v) is 3.80. The summed E-state index contributed by atoms with van der Waals surface area (Å²) in [6.45, 7) is 0.437. The molecule has 1 heterocycles. The quantitative estimate of drug-likeness (QED) is 0.791. The van der Waals surface area contributed by atoms with E-state index in [1.807, 2.05) is 12.1 Å². The Morgan fingerprint density at radius 3 is 2.83 bits per heavy atom. The fourth-order valence-electron chi connectivity index (χ4n) is 2.02. The molecule has 2 rings (SSSR count). The molecule has 1 aromatic carbocycles. The number of aliphatic hydroxyl groups excluding tert-OH is 1. The van der Waals surface area contributed by atoms with Crippen LogP contribution < -0.4 is 5.32 Å². The Balaban J connectivity index is 1.98. The van der Waals surface area contributed by atoms with Gasteiger partial charge < -0.3 is 10.4 Å². The minimum atomic E-state index is -3.13. The molecule has 0 saturated carbocycles. The van der Waals surface area contributed by atoms with E-state index >= 15 is 0 Å². The van der Waals surface area contributed by atoms with E-state index in [0.29, 0.717) is 12.1 Å². The van der Waals surface area contributed by atoms with Crippen molar-refractivity contribution in [3.05, 3.63) is 35.4 Å². The summed E-state index contributed by atoms with van der Waals surface area (Å²) in [7, 11) is -3.13. The van der Waals surface area contributed by atoms with E-state index in [1.54, 1.807) is 18.2 Å². The second-order valence-electron chi connectivity index (χ2n) is 4.44. The Bertz CT molecular complexity index is 577. The number of nitriles is 1. The van der Waals surface area contributed by atoms with Crippen molar-refractivity contribution in [3.8, 4) is 6.07 Å². The molecule has 0 amide bonds. The van der Waals surface area contributed by atoms with Gasteiger partial charge in [0, 0.05) is 12.6 Å². The standard InChI is InChI=1S/C12H14N2O3S/c13-5-9-2-1-3-10(4-9)6-14-11-7-18(16,17)8-12(11)15/h1-4,11-12,14-15H,6-8H2. The van der Waals surface area contributed by atoms with Gasteiger partial charge in [-0.15, -0.1) is 0 Å². The van der Waals surface area contributed by atoms with Crippen LogP contribution in [0.1, 0.15) is 11.1 Å². The van der Waals surface area contributed by atoms with Crippen molar-refractivity contribution in [2.45, 2.75) is 18.7 Å². The summed E-state index contributed by atoms with van der Waals surface area (Å²) in [5.41, 5.74) is 1.46. The summed E-state index contributed by atoms with van der Waals surface area (Å²) in [6.07, 6.45) is -0.853. The van der Waals surface area contributed by atoms with Crippen LogP contribution in [0.15, 0.2) is 24.3 Å². The third-order valence-electron chi connectivity index (χ3n) is 2.95. The molecule has 0 aliphatic carbocycles. The van der Waals surface area contributed by atoms with E-state index < -0.39 is 22.0 Å². The first-order chi connectivity index (χ1) is 8.50. The number of benzene rings is 1. The molecule has 0 aromatic heterocycles. The van der Waals surface area contributed by atoms with Crippen molar-refractivity contribution in [1.82, 2.24) is 5.32 Å². The van der Waals surface area contributed by atoms with Crippen molar-refractivity contribution in [2.24, 2.45) is 0 Å². The molecule has 1 aliphatic rings. The van der Waals surface area contributed by atoms with Crippen LogP contribution in [0.2, 0.25) is 0 Å². The molecule has 5 nitrogen and oxygen atoms in total. The summed E-state index contributed by atoms with van der Waals surface area (Å²) in [6, 6.07) is 8.69. The molecule has 1 saturated heterocycles. The largest absolute Gasteiger partial charge is 0.390 e. The molecule has 2 N–H and O–H groups in total. The van der Waals surface area contributed by atoms with Crippen molar-refractivity contribution >= 4 is 9.84 Å². The van der Waals surface area contributed by atoms with Gasteiger partial charge in [-0.2, -0.15) is 5.26 Å². The average Bonchev–Trinajstić information content (AvgIpc) is 2.60. The van der Waals surface area contributed by atoms with Gasteiger partial charge in [0.05, 0.1) is 29.2 Å². The van der Waals surface area contributed by atoms with Gasteiger partial charge in [0.2, 0.25) is 0 Å². The molecular formula is C12H14N2O3S. The number of hydrogen-bond acceptors (Lipinski definition) is 5. The molecule has 2 unspecified atom stereocenters. The van der Waals surface area contributed by atoms with Crippen molar-refractivity contribution in [3.63, 3.8) is 0 Å². The average molecular weight is 266 g/mol. The highest BCUT2D eigenvalue weighted by atomic mass is 32.2. The molecule has 0 radical (unpaired) electrons. The number of aliphatic hydroxyl groups is 1. The molecule has 1 fully saturated rings. The van der Waals surface area contributed by atoms with E-state index in [1.165, 1.54) is 0 Å². The summed E-state index contributed by atoms with van der Waals surface area (Å²) in [4.78, 5) is 0. The molecular weight excluding hydrogens is 252 g/mol. The van der Waals surface area contributed by atoms with Crippen LogP contribution >= 0.6 is 0 Å². The number of rotatable bonds is 3. The fraction of sp³-hybridized carbons (Fsp3) is 0.417. The van der Waals surface area contributed by atoms with Crippen LogP contribution in [-0.2, 0) is 16.4 Å². The molecule has 96 valence electrons. The number of sulfone groups is 1. The molecule has 1 aliphatic heterocycles. The maximum absolute atomic E-state index is 11.3. The molecule has 18 heavy (non-hydrogen) atoms. The summed E-state index contributed by atoms with van der Waals surface area (Å²) in [5, 5.41) is 21.4. The Morgan fingerprint density at radius 1 is 1.44 bits per heavy atom. The summed E-state index contributed by atoms with van der Waals surface area (Å²) < 4.78 is 22.6. The van der Waals surface area contributed by atoms with Crippen LogP contribution in [0.25, 0.3) is 0 Å². The van der Waals surface area contributed by atoms with Crippen LogP contribution in [0.5, 0.6) is 0 Å². The molecule has 6 heteroatoms. The van der Waals surface area contributed by atoms with Crippen LogP contribution in [0.4, 0.5) is 0 Å². The Kier molecular flexibility index (Phi) is 3.66. The lowest BCUT2D eigenvalue weighted by molar-refractivity contribution is 0.165. The lowest BCUT2D eigenvalue weighted by atomic mass is 10.1. The monoisotopic (exact) mass is 266 g/mol. The van der Waals surface area contributed by atoms with Gasteiger partial charge in [-0.1, -0.05) is 12.1 Å². The third-order valence-corrected chi connectivity index (χ3v) is 4.66. The van der Waals surface area contributed by atoms with Gasteiger partial charge in [-0.3, -0.25) is 0 Å². The lowest BCUT2D eigenvalue weighted by Crippen LogP contribution is -2.38. The highest BCUT2D eigenvalue weighted by Crippen LogP contribution is 2.13. The number of nitrogens with zero attached hydrogens (tertiary/aromatic N) is 1. The first-order valence-electron chi connectivity index (χ1n) is 5.61. The normalized spacial score (nSPS) is 25.8. The smallest absolute Gasteiger partial charge is 0.154 e. The van der Waals surface area contributed by atoms with Crippen molar-refractivity contribution in [1.29, 1.82) is 5.26 Å². The van der Waals surface area contributed by atoms with Gasteiger partial charge in [-0.05, 0) is 17.7 Å². The van der Waals surface area contributed by atoms with Crippen molar-refractivity contribution in [2.75, 3.05) is 11.5 Å². The zero-order valence-corrected chi connectivity index (χ0v) is 10.5. The maximum Gasteiger partial charge on any atom is 0.154 e. The Morgan fingerprint density at radius 2 is 2.22 bits per heavy atom. The Labute approximate surface area is 106 Å². The van der Waals surface area contributed by atoms with Crippen molar-refractivity contribution < 1.29 is 13.5 Å². The number of hydrogen-bond donors (Lipinski definition) is 2. The van der Waals surface area contributed by atoms with E-state index in [0.717, 1.165) is 5.56 Å². The highest BCUT2D eigenvalue weighted by molar-refractivity contribution is 7.91. The van der Waals surface area contributed by atoms with Gasteiger partial charge in [-0.25, -0.2) is 8.42 Å². The first kappa shape index (κ1) is 13.0. The van der Waals surface area contributed by atoms with E-state index in [4.69, 9.17) is 5.26 Å². The van der Waals surface area contributed by atoms with Gasteiger partial charge in [0.15, 0.2) is 9.84 Å². The van der Waals surface area contributed by atoms with Gasteiger partial charge >= 0.3 is 0 Å². The third kappa shape index (κ3) is 3.07. The molecule has 0 bridgehead atoms. The lowest BCUT2D eigenvalue weighted by Gasteiger charge is -2.14. The minimum Gasteiger partial charge on any atom is -0.390 e. The van der Waals surface area contributed by atoms with Gasteiger partial charge in [0.1, 0.15) is 0 Å². The van der Waals surface area contributed by atoms with Gasteiger partial charge in [0.25, 0.3) is 0 Å². The predicted octanol–water partition coefficient (Wildman–Crippen LogP) is -0.194. The zero-order valence-electron chi connectivity index (χ0n) is 9.70. The second kappa shape index (κ2) is 5.06. The van der Waals surface area contributed by atoms with Crippen LogP contribution in [-0.4, -0.2) is 37.2 Å². The summed E-state index contributed by atoms with van der Waals surface area (Å²) in [5.74, 6) is -0.213. The van der Waals surface area contributed by atoms with Crippen LogP contribution in [0.3, 0.4) is 0 Å². The summed E-state index contributed by atoms with van der Waals surface area (Å²) >= 11 is 0. The highest BCUT2D eigenvalue weighted by Gasteiger charge is 2.35. The van der Waals surface area contributed by atoms with E-state index in [2.05, 4.69) is 5.32 Å². The molecule has 0 spiro atoms. The van der Waals surface area contributed by atoms with Crippen LogP contribution in [0, 0.1) is 11.3 Å². The number of nitrogens with one attached hydrogen (secondary N) is 1. The first-order valence-corrected chi connectivity index (χ1v) is 7.43. The minimum absolute atomic E-state index is 0.0356. The van der Waals surface area contributed by atoms with E-state index in [-0.39, 0.29) is 11.5 Å².